The van der Waals surface area contributed by atoms with Gasteiger partial charge in [-0.05, 0) is 43.4 Å². The molecule has 1 aromatic carbocycles. The molecule has 1 aliphatic heterocycles. The average molecular weight is 414 g/mol. The lowest BCUT2D eigenvalue weighted by molar-refractivity contribution is -0.134. The van der Waals surface area contributed by atoms with Gasteiger partial charge < -0.3 is 18.6 Å². The quantitative estimate of drug-likeness (QED) is 0.549. The van der Waals surface area contributed by atoms with Gasteiger partial charge in [-0.1, -0.05) is 19.9 Å². The van der Waals surface area contributed by atoms with Crippen LogP contribution in [0, 0.1) is 5.92 Å². The molecule has 0 bridgehead atoms. The number of hydrogen-bond acceptors (Lipinski definition) is 6. The van der Waals surface area contributed by atoms with Crippen LogP contribution in [-0.2, 0) is 26.2 Å². The number of carbonyl (C=O) groups is 1. The minimum absolute atomic E-state index is 0.0468. The number of methoxy groups -OCH3 is 1. The Labute approximate surface area is 168 Å². The predicted molar refractivity (Wildman–Crippen MR) is 107 cm³/mol. The van der Waals surface area contributed by atoms with Crippen LogP contribution < -0.4 is 8.92 Å². The highest BCUT2D eigenvalue weighted by Gasteiger charge is 2.24. The van der Waals surface area contributed by atoms with Crippen LogP contribution in [0.5, 0.6) is 11.5 Å². The van der Waals surface area contributed by atoms with E-state index in [-0.39, 0.29) is 29.4 Å². The summed E-state index contributed by atoms with van der Waals surface area (Å²) in [5, 5.41) is 0. The van der Waals surface area contributed by atoms with E-state index in [0.29, 0.717) is 25.3 Å². The Bertz CT molecular complexity index is 756. The van der Waals surface area contributed by atoms with Crippen LogP contribution >= 0.6 is 0 Å². The van der Waals surface area contributed by atoms with E-state index in [9.17, 15) is 13.2 Å². The summed E-state index contributed by atoms with van der Waals surface area (Å²) < 4.78 is 39.8. The molecule has 1 saturated heterocycles. The summed E-state index contributed by atoms with van der Waals surface area (Å²) >= 11 is 0. The normalized spacial score (nSPS) is 17.0. The molecule has 1 heterocycles. The molecule has 1 fully saturated rings. The van der Waals surface area contributed by atoms with Gasteiger partial charge in [-0.15, -0.1) is 0 Å². The maximum absolute atomic E-state index is 12.7. The number of ether oxygens (including phenoxy) is 2. The molecule has 0 radical (unpaired) electrons. The van der Waals surface area contributed by atoms with Crippen LogP contribution in [0.15, 0.2) is 18.2 Å². The molecule has 28 heavy (non-hydrogen) atoms. The molecular weight excluding hydrogens is 382 g/mol. The monoisotopic (exact) mass is 413 g/mol. The fourth-order valence-corrected chi connectivity index (χ4v) is 3.59. The lowest BCUT2D eigenvalue weighted by Gasteiger charge is -2.26. The van der Waals surface area contributed by atoms with Gasteiger partial charge >= 0.3 is 10.1 Å². The molecule has 1 atom stereocenters. The van der Waals surface area contributed by atoms with Gasteiger partial charge in [0.1, 0.15) is 0 Å². The van der Waals surface area contributed by atoms with E-state index in [4.69, 9.17) is 13.7 Å². The first kappa shape index (κ1) is 22.5. The molecule has 8 heteroatoms. The smallest absolute Gasteiger partial charge is 0.309 e. The van der Waals surface area contributed by atoms with E-state index in [1.165, 1.54) is 14.0 Å². The second kappa shape index (κ2) is 10.1. The van der Waals surface area contributed by atoms with Crippen LogP contribution in [0.3, 0.4) is 0 Å². The van der Waals surface area contributed by atoms with Crippen LogP contribution in [0.4, 0.5) is 0 Å². The fourth-order valence-electron chi connectivity index (χ4n) is 3.07. The van der Waals surface area contributed by atoms with Crippen molar-refractivity contribution >= 4 is 16.0 Å². The number of nitrogens with zero attached hydrogens (tertiary/aromatic N) is 1. The molecule has 0 aliphatic carbocycles. The summed E-state index contributed by atoms with van der Waals surface area (Å²) in [5.74, 6) is 0.641. The van der Waals surface area contributed by atoms with Crippen molar-refractivity contribution in [3.63, 3.8) is 0 Å². The SMILES string of the molecule is CCS(=O)(=O)Oc1cc(CN(C[C@@H]2CCCO2)C(=O)CC(C)C)ccc1OC. The maximum atomic E-state index is 12.7. The van der Waals surface area contributed by atoms with Crippen LogP contribution in [0.25, 0.3) is 0 Å². The van der Waals surface area contributed by atoms with Gasteiger partial charge in [0.05, 0.1) is 19.0 Å². The highest BCUT2D eigenvalue weighted by atomic mass is 32.2. The summed E-state index contributed by atoms with van der Waals surface area (Å²) in [5.41, 5.74) is 0.775. The molecule has 0 aromatic heterocycles. The standard InChI is InChI=1S/C20H31NO6S/c1-5-28(23,24)27-19-12-16(8-9-18(19)25-4)13-21(20(22)11-15(2)3)14-17-7-6-10-26-17/h8-9,12,15,17H,5-7,10-11,13-14H2,1-4H3/t17-/m0/s1. The predicted octanol–water partition coefficient (Wildman–Crippen LogP) is 2.98. The molecule has 2 rings (SSSR count). The molecule has 7 nitrogen and oxygen atoms in total. The second-order valence-electron chi connectivity index (χ2n) is 7.42. The van der Waals surface area contributed by atoms with Gasteiger partial charge in [0.25, 0.3) is 0 Å². The van der Waals surface area contributed by atoms with Crippen molar-refractivity contribution in [1.29, 1.82) is 0 Å². The molecule has 0 spiro atoms. The van der Waals surface area contributed by atoms with Gasteiger partial charge in [0.15, 0.2) is 11.5 Å². The van der Waals surface area contributed by atoms with E-state index < -0.39 is 10.1 Å². The highest BCUT2D eigenvalue weighted by Crippen LogP contribution is 2.30. The Kier molecular flexibility index (Phi) is 8.12. The fraction of sp³-hybridized carbons (Fsp3) is 0.650. The topological polar surface area (TPSA) is 82.1 Å². The Hall–Kier alpha value is -1.80. The minimum atomic E-state index is -3.68. The molecular formula is C20H31NO6S. The van der Waals surface area contributed by atoms with E-state index in [1.54, 1.807) is 17.0 Å². The lowest BCUT2D eigenvalue weighted by atomic mass is 10.1. The summed E-state index contributed by atoms with van der Waals surface area (Å²) in [6, 6.07) is 5.10. The molecule has 1 aromatic rings. The third kappa shape index (κ3) is 6.67. The van der Waals surface area contributed by atoms with Crippen molar-refractivity contribution in [2.24, 2.45) is 5.92 Å². The van der Waals surface area contributed by atoms with Gasteiger partial charge in [-0.3, -0.25) is 4.79 Å². The van der Waals surface area contributed by atoms with Crippen molar-refractivity contribution in [2.75, 3.05) is 26.0 Å². The Balaban J connectivity index is 2.22. The van der Waals surface area contributed by atoms with Gasteiger partial charge in [0, 0.05) is 26.1 Å². The second-order valence-corrected chi connectivity index (χ2v) is 9.28. The van der Waals surface area contributed by atoms with Crippen molar-refractivity contribution in [3.05, 3.63) is 23.8 Å². The van der Waals surface area contributed by atoms with Gasteiger partial charge in [-0.25, -0.2) is 0 Å². The summed E-state index contributed by atoms with van der Waals surface area (Å²) in [6.45, 7) is 7.15. The van der Waals surface area contributed by atoms with Gasteiger partial charge in [-0.2, -0.15) is 8.42 Å². The van der Waals surface area contributed by atoms with Crippen LogP contribution in [0.2, 0.25) is 0 Å². The summed E-state index contributed by atoms with van der Waals surface area (Å²) in [4.78, 5) is 14.5. The number of benzene rings is 1. The first-order valence-corrected chi connectivity index (χ1v) is 11.3. The summed E-state index contributed by atoms with van der Waals surface area (Å²) in [7, 11) is -2.23. The van der Waals surface area contributed by atoms with Gasteiger partial charge in [0.2, 0.25) is 5.91 Å². The van der Waals surface area contributed by atoms with E-state index in [1.807, 2.05) is 19.9 Å². The highest BCUT2D eigenvalue weighted by molar-refractivity contribution is 7.87. The Morgan fingerprint density at radius 2 is 2.07 bits per heavy atom. The first-order valence-electron chi connectivity index (χ1n) is 9.72. The lowest BCUT2D eigenvalue weighted by Crippen LogP contribution is -2.37. The molecule has 0 unspecified atom stereocenters. The Morgan fingerprint density at radius 1 is 1.32 bits per heavy atom. The summed E-state index contributed by atoms with van der Waals surface area (Å²) in [6.07, 6.45) is 2.45. The first-order chi connectivity index (χ1) is 13.2. The zero-order valence-corrected chi connectivity index (χ0v) is 18.0. The number of amides is 1. The van der Waals surface area contributed by atoms with Crippen LogP contribution in [0.1, 0.15) is 45.6 Å². The maximum Gasteiger partial charge on any atom is 0.309 e. The zero-order valence-electron chi connectivity index (χ0n) is 17.1. The number of carbonyl (C=O) groups excluding carboxylic acids is 1. The van der Waals surface area contributed by atoms with E-state index in [0.717, 1.165) is 25.0 Å². The van der Waals surface area contributed by atoms with Crippen molar-refractivity contribution in [3.8, 4) is 11.5 Å². The molecule has 1 amide bonds. The largest absolute Gasteiger partial charge is 0.493 e. The minimum Gasteiger partial charge on any atom is -0.493 e. The van der Waals surface area contributed by atoms with E-state index >= 15 is 0 Å². The number of rotatable bonds is 10. The molecule has 0 N–H and O–H groups in total. The van der Waals surface area contributed by atoms with Crippen LogP contribution in [-0.4, -0.2) is 51.3 Å². The third-order valence-electron chi connectivity index (χ3n) is 4.56. The van der Waals surface area contributed by atoms with Crippen molar-refractivity contribution in [1.82, 2.24) is 4.90 Å². The van der Waals surface area contributed by atoms with Crippen molar-refractivity contribution < 1.29 is 26.9 Å². The Morgan fingerprint density at radius 3 is 2.64 bits per heavy atom. The average Bonchev–Trinajstić information content (AvgIpc) is 3.13. The molecule has 1 aliphatic rings. The zero-order chi connectivity index (χ0) is 20.7. The molecule has 0 saturated carbocycles. The molecule has 158 valence electrons. The van der Waals surface area contributed by atoms with Crippen molar-refractivity contribution in [2.45, 2.75) is 52.7 Å². The number of hydrogen-bond donors (Lipinski definition) is 0. The van der Waals surface area contributed by atoms with E-state index in [2.05, 4.69) is 0 Å². The third-order valence-corrected chi connectivity index (χ3v) is 5.70.